The lowest BCUT2D eigenvalue weighted by atomic mass is 10.1. The van der Waals surface area contributed by atoms with Gasteiger partial charge in [0.15, 0.2) is 9.84 Å². The summed E-state index contributed by atoms with van der Waals surface area (Å²) in [5.74, 6) is 0.879. The van der Waals surface area contributed by atoms with Crippen molar-refractivity contribution in [1.82, 2.24) is 5.32 Å². The fourth-order valence-electron chi connectivity index (χ4n) is 2.09. The van der Waals surface area contributed by atoms with Gasteiger partial charge in [0.2, 0.25) is 0 Å². The number of furan rings is 1. The summed E-state index contributed by atoms with van der Waals surface area (Å²) in [5, 5.41) is 3.41. The van der Waals surface area contributed by atoms with Crippen LogP contribution in [0, 0.1) is 0 Å². The molecule has 108 valence electrons. The first-order valence-corrected chi connectivity index (χ1v) is 8.36. The monoisotopic (exact) mass is 293 g/mol. The maximum Gasteiger partial charge on any atom is 0.175 e. The number of nitrogens with one attached hydrogen (secondary N) is 1. The molecule has 0 bridgehead atoms. The minimum Gasteiger partial charge on any atom is -0.468 e. The molecule has 1 N–H and O–H groups in total. The molecule has 0 aliphatic rings. The molecule has 1 aromatic carbocycles. The van der Waals surface area contributed by atoms with Crippen molar-refractivity contribution >= 4 is 9.84 Å². The third-order valence-electron chi connectivity index (χ3n) is 3.28. The molecule has 0 saturated carbocycles. The van der Waals surface area contributed by atoms with E-state index >= 15 is 0 Å². The van der Waals surface area contributed by atoms with E-state index in [1.54, 1.807) is 18.4 Å². The Bertz CT molecular complexity index is 645. The summed E-state index contributed by atoms with van der Waals surface area (Å²) in [6.07, 6.45) is 2.86. The van der Waals surface area contributed by atoms with E-state index in [2.05, 4.69) is 5.32 Å². The Kier molecular flexibility index (Phi) is 4.30. The molecule has 20 heavy (non-hydrogen) atoms. The lowest BCUT2D eigenvalue weighted by Crippen LogP contribution is -2.22. The Morgan fingerprint density at radius 1 is 1.05 bits per heavy atom. The normalized spacial score (nSPS) is 14.9. The molecule has 2 atom stereocenters. The van der Waals surface area contributed by atoms with E-state index in [9.17, 15) is 8.42 Å². The van der Waals surface area contributed by atoms with Gasteiger partial charge in [-0.25, -0.2) is 8.42 Å². The molecule has 0 aliphatic carbocycles. The van der Waals surface area contributed by atoms with Crippen molar-refractivity contribution in [2.75, 3.05) is 6.26 Å². The molecule has 1 aromatic heterocycles. The first kappa shape index (κ1) is 14.8. The Hall–Kier alpha value is -1.59. The van der Waals surface area contributed by atoms with Gasteiger partial charge >= 0.3 is 0 Å². The molecule has 4 nitrogen and oxygen atoms in total. The van der Waals surface area contributed by atoms with Crippen molar-refractivity contribution < 1.29 is 12.8 Å². The SMILES string of the molecule is CC(N[C@@H](C)c1ccco1)c1ccc(S(C)(=O)=O)cc1. The zero-order valence-electron chi connectivity index (χ0n) is 11.8. The van der Waals surface area contributed by atoms with Gasteiger partial charge in [0.25, 0.3) is 0 Å². The van der Waals surface area contributed by atoms with Gasteiger partial charge in [-0.2, -0.15) is 0 Å². The highest BCUT2D eigenvalue weighted by molar-refractivity contribution is 7.90. The van der Waals surface area contributed by atoms with Crippen LogP contribution in [0.4, 0.5) is 0 Å². The second kappa shape index (κ2) is 5.81. The second-order valence-electron chi connectivity index (χ2n) is 4.97. The zero-order chi connectivity index (χ0) is 14.8. The topological polar surface area (TPSA) is 59.3 Å². The molecule has 1 heterocycles. The Balaban J connectivity index is 2.08. The highest BCUT2D eigenvalue weighted by atomic mass is 32.2. The molecule has 0 amide bonds. The van der Waals surface area contributed by atoms with Gasteiger partial charge in [-0.05, 0) is 43.7 Å². The van der Waals surface area contributed by atoms with Crippen LogP contribution in [0.5, 0.6) is 0 Å². The van der Waals surface area contributed by atoms with Crippen LogP contribution in [0.25, 0.3) is 0 Å². The van der Waals surface area contributed by atoms with E-state index in [1.165, 1.54) is 6.26 Å². The van der Waals surface area contributed by atoms with Gasteiger partial charge in [0.05, 0.1) is 17.2 Å². The number of benzene rings is 1. The Morgan fingerprint density at radius 2 is 1.70 bits per heavy atom. The van der Waals surface area contributed by atoms with Crippen LogP contribution in [-0.4, -0.2) is 14.7 Å². The second-order valence-corrected chi connectivity index (χ2v) is 6.98. The number of sulfone groups is 1. The summed E-state index contributed by atoms with van der Waals surface area (Å²) >= 11 is 0. The fourth-order valence-corrected chi connectivity index (χ4v) is 2.73. The average Bonchev–Trinajstić information content (AvgIpc) is 2.91. The third kappa shape index (κ3) is 3.49. The highest BCUT2D eigenvalue weighted by Crippen LogP contribution is 2.21. The predicted molar refractivity (Wildman–Crippen MR) is 78.2 cm³/mol. The van der Waals surface area contributed by atoms with E-state index in [1.807, 2.05) is 38.1 Å². The van der Waals surface area contributed by atoms with Gasteiger partial charge in [-0.1, -0.05) is 12.1 Å². The van der Waals surface area contributed by atoms with Crippen molar-refractivity contribution in [3.63, 3.8) is 0 Å². The van der Waals surface area contributed by atoms with Crippen molar-refractivity contribution in [1.29, 1.82) is 0 Å². The van der Waals surface area contributed by atoms with Crippen LogP contribution >= 0.6 is 0 Å². The van der Waals surface area contributed by atoms with Crippen molar-refractivity contribution in [3.8, 4) is 0 Å². The van der Waals surface area contributed by atoms with Crippen molar-refractivity contribution in [2.45, 2.75) is 30.8 Å². The van der Waals surface area contributed by atoms with E-state index in [4.69, 9.17) is 4.42 Å². The van der Waals surface area contributed by atoms with Crippen LogP contribution in [0.15, 0.2) is 52.0 Å². The van der Waals surface area contributed by atoms with Gasteiger partial charge in [0.1, 0.15) is 5.76 Å². The van der Waals surface area contributed by atoms with Gasteiger partial charge in [0, 0.05) is 12.3 Å². The maximum absolute atomic E-state index is 11.4. The summed E-state index contributed by atoms with van der Waals surface area (Å²) in [6.45, 7) is 4.06. The van der Waals surface area contributed by atoms with E-state index in [0.29, 0.717) is 4.90 Å². The smallest absolute Gasteiger partial charge is 0.175 e. The third-order valence-corrected chi connectivity index (χ3v) is 4.41. The van der Waals surface area contributed by atoms with Crippen LogP contribution in [0.3, 0.4) is 0 Å². The van der Waals surface area contributed by atoms with Gasteiger partial charge in [-0.3, -0.25) is 0 Å². The van der Waals surface area contributed by atoms with Crippen LogP contribution in [0.1, 0.15) is 37.3 Å². The molecule has 2 rings (SSSR count). The minimum absolute atomic E-state index is 0.0922. The quantitative estimate of drug-likeness (QED) is 0.920. The predicted octanol–water partition coefficient (Wildman–Crippen LogP) is 3.09. The molecule has 0 fully saturated rings. The summed E-state index contributed by atoms with van der Waals surface area (Å²) in [6, 6.07) is 10.9. The lowest BCUT2D eigenvalue weighted by Gasteiger charge is -2.19. The summed E-state index contributed by atoms with van der Waals surface area (Å²) in [5.41, 5.74) is 1.04. The van der Waals surface area contributed by atoms with Crippen LogP contribution < -0.4 is 5.32 Å². The minimum atomic E-state index is -3.14. The molecule has 0 saturated heterocycles. The Labute approximate surface area is 119 Å². The molecule has 2 aromatic rings. The maximum atomic E-state index is 11.4. The molecule has 0 spiro atoms. The number of hydrogen-bond donors (Lipinski definition) is 1. The van der Waals surface area contributed by atoms with Crippen molar-refractivity contribution in [3.05, 3.63) is 54.0 Å². The van der Waals surface area contributed by atoms with Crippen LogP contribution in [0.2, 0.25) is 0 Å². The standard InChI is InChI=1S/C15H19NO3S/c1-11(16-12(2)15-5-4-10-19-15)13-6-8-14(9-7-13)20(3,17)18/h4-12,16H,1-3H3/t11?,12-/m0/s1. The van der Waals surface area contributed by atoms with Crippen LogP contribution in [-0.2, 0) is 9.84 Å². The van der Waals surface area contributed by atoms with E-state index in [0.717, 1.165) is 11.3 Å². The first-order valence-electron chi connectivity index (χ1n) is 6.47. The molecule has 1 unspecified atom stereocenters. The fraction of sp³-hybridized carbons (Fsp3) is 0.333. The van der Waals surface area contributed by atoms with E-state index < -0.39 is 9.84 Å². The van der Waals surface area contributed by atoms with Crippen molar-refractivity contribution in [2.24, 2.45) is 0 Å². The molecule has 0 aliphatic heterocycles. The number of rotatable bonds is 5. The Morgan fingerprint density at radius 3 is 2.20 bits per heavy atom. The number of hydrogen-bond acceptors (Lipinski definition) is 4. The summed E-state index contributed by atoms with van der Waals surface area (Å²) in [7, 11) is -3.14. The molecule has 5 heteroatoms. The van der Waals surface area contributed by atoms with Gasteiger partial charge < -0.3 is 9.73 Å². The van der Waals surface area contributed by atoms with Gasteiger partial charge in [-0.15, -0.1) is 0 Å². The first-order chi connectivity index (χ1) is 9.38. The largest absolute Gasteiger partial charge is 0.468 e. The summed E-state index contributed by atoms with van der Waals surface area (Å²) in [4.78, 5) is 0.340. The molecule has 0 radical (unpaired) electrons. The highest BCUT2D eigenvalue weighted by Gasteiger charge is 2.14. The van der Waals surface area contributed by atoms with E-state index in [-0.39, 0.29) is 12.1 Å². The molecular formula is C15H19NO3S. The lowest BCUT2D eigenvalue weighted by molar-refractivity contribution is 0.403. The molecular weight excluding hydrogens is 274 g/mol. The average molecular weight is 293 g/mol. The zero-order valence-corrected chi connectivity index (χ0v) is 12.6. The summed E-state index contributed by atoms with van der Waals surface area (Å²) < 4.78 is 28.2.